The minimum Gasteiger partial charge on any atom is -0.493 e. The highest BCUT2D eigenvalue weighted by Gasteiger charge is 2.32. The van der Waals surface area contributed by atoms with Crippen LogP contribution in [-0.4, -0.2) is 55.5 Å². The molecule has 1 aliphatic rings. The van der Waals surface area contributed by atoms with Crippen molar-refractivity contribution < 1.29 is 42.9 Å². The predicted molar refractivity (Wildman–Crippen MR) is 149 cm³/mol. The number of carboxylic acid groups (broad SMARTS) is 1. The van der Waals surface area contributed by atoms with Gasteiger partial charge in [-0.15, -0.1) is 0 Å². The van der Waals surface area contributed by atoms with Crippen molar-refractivity contribution in [2.75, 3.05) is 20.3 Å². The van der Waals surface area contributed by atoms with Crippen LogP contribution in [0.1, 0.15) is 41.6 Å². The summed E-state index contributed by atoms with van der Waals surface area (Å²) >= 11 is 0. The molecular weight excluding hydrogens is 548 g/mol. The molecular formula is C29H28N4O9. The van der Waals surface area contributed by atoms with Crippen molar-refractivity contribution in [2.45, 2.75) is 19.9 Å². The lowest BCUT2D eigenvalue weighted by atomic mass is 9.95. The Hall–Kier alpha value is -5.59. The van der Waals surface area contributed by atoms with Crippen LogP contribution < -0.4 is 25.5 Å². The van der Waals surface area contributed by atoms with Gasteiger partial charge in [0.15, 0.2) is 18.1 Å². The molecule has 13 nitrogen and oxygen atoms in total. The fourth-order valence-electron chi connectivity index (χ4n) is 4.10. The van der Waals surface area contributed by atoms with E-state index in [4.69, 9.17) is 23.7 Å². The fraction of sp³-hybridized carbons (Fsp3) is 0.207. The second kappa shape index (κ2) is 13.2. The van der Waals surface area contributed by atoms with Crippen molar-refractivity contribution in [3.63, 3.8) is 0 Å². The lowest BCUT2D eigenvalue weighted by molar-refractivity contribution is -0.139. The zero-order chi connectivity index (χ0) is 30.2. The maximum Gasteiger partial charge on any atom is 0.338 e. The van der Waals surface area contributed by atoms with Gasteiger partial charge in [0.25, 0.3) is 5.91 Å². The van der Waals surface area contributed by atoms with E-state index in [0.29, 0.717) is 28.3 Å². The highest BCUT2D eigenvalue weighted by atomic mass is 16.5. The average Bonchev–Trinajstić information content (AvgIpc) is 3.44. The molecule has 0 fully saturated rings. The third-order valence-electron chi connectivity index (χ3n) is 6.07. The molecule has 0 radical (unpaired) electrons. The standard InChI is InChI=1S/C29H28N4O9/c1-4-40-28(37)25-16(2)31-29(38)32-26(25)19-9-11-22(23(13-19)39-3)41-15-24(34)33-30-14-20-10-12-21(42-20)17-5-7-18(8-6-17)27(35)36/h5-14,26H,4,15H2,1-3H3,(H,33,34)(H,35,36)(H2,31,32,38)/b30-14-/t26-/m0/s1. The Kier molecular flexibility index (Phi) is 9.22. The molecule has 0 saturated carbocycles. The number of methoxy groups -OCH3 is 1. The summed E-state index contributed by atoms with van der Waals surface area (Å²) in [5.41, 5.74) is 4.36. The van der Waals surface area contributed by atoms with Crippen molar-refractivity contribution in [3.05, 3.63) is 82.8 Å². The summed E-state index contributed by atoms with van der Waals surface area (Å²) in [5.74, 6) is -0.745. The molecule has 0 unspecified atom stereocenters. The number of hydrogen-bond acceptors (Lipinski definition) is 9. The van der Waals surface area contributed by atoms with Crippen LogP contribution in [-0.2, 0) is 14.3 Å². The van der Waals surface area contributed by atoms with Crippen molar-refractivity contribution in [1.29, 1.82) is 0 Å². The van der Waals surface area contributed by atoms with Crippen molar-refractivity contribution >= 4 is 30.1 Å². The summed E-state index contributed by atoms with van der Waals surface area (Å²) in [7, 11) is 1.42. The van der Waals surface area contributed by atoms with Gasteiger partial charge >= 0.3 is 18.0 Å². The summed E-state index contributed by atoms with van der Waals surface area (Å²) in [5, 5.41) is 18.2. The molecule has 2 aromatic carbocycles. The van der Waals surface area contributed by atoms with Crippen LogP contribution in [0.3, 0.4) is 0 Å². The quantitative estimate of drug-likeness (QED) is 0.151. The number of hydrazone groups is 1. The first-order valence-electron chi connectivity index (χ1n) is 12.7. The first-order valence-corrected chi connectivity index (χ1v) is 12.7. The van der Waals surface area contributed by atoms with Crippen LogP contribution in [0.4, 0.5) is 4.79 Å². The molecule has 4 N–H and O–H groups in total. The van der Waals surface area contributed by atoms with E-state index in [2.05, 4.69) is 21.2 Å². The van der Waals surface area contributed by atoms with Crippen molar-refractivity contribution in [1.82, 2.24) is 16.1 Å². The second-order valence-corrected chi connectivity index (χ2v) is 8.87. The molecule has 13 heteroatoms. The smallest absolute Gasteiger partial charge is 0.338 e. The molecule has 3 aromatic rings. The molecule has 2 heterocycles. The number of furan rings is 1. The Morgan fingerprint density at radius 3 is 2.55 bits per heavy atom. The van der Waals surface area contributed by atoms with E-state index >= 15 is 0 Å². The number of esters is 1. The summed E-state index contributed by atoms with van der Waals surface area (Å²) < 4.78 is 21.8. The number of ether oxygens (including phenoxy) is 3. The van der Waals surface area contributed by atoms with E-state index in [1.807, 2.05) is 0 Å². The van der Waals surface area contributed by atoms with Gasteiger partial charge in [0.1, 0.15) is 11.5 Å². The maximum atomic E-state index is 12.6. The summed E-state index contributed by atoms with van der Waals surface area (Å²) in [6.07, 6.45) is 1.31. The van der Waals surface area contributed by atoms with E-state index in [9.17, 15) is 19.2 Å². The SMILES string of the molecule is CCOC(=O)C1=C(C)NC(=O)N[C@H]1c1ccc(OCC(=O)N/N=C\c2ccc(-c3ccc(C(=O)O)cc3)o2)c(OC)c1. The number of nitrogens with zero attached hydrogens (tertiary/aromatic N) is 1. The zero-order valence-corrected chi connectivity index (χ0v) is 22.9. The van der Waals surface area contributed by atoms with Crippen LogP contribution in [0.5, 0.6) is 11.5 Å². The van der Waals surface area contributed by atoms with Crippen molar-refractivity contribution in [2.24, 2.45) is 5.10 Å². The van der Waals surface area contributed by atoms with Crippen LogP contribution >= 0.6 is 0 Å². The Balaban J connectivity index is 1.36. The van der Waals surface area contributed by atoms with Gasteiger partial charge in [-0.1, -0.05) is 18.2 Å². The van der Waals surface area contributed by atoms with Gasteiger partial charge in [-0.05, 0) is 55.8 Å². The molecule has 0 spiro atoms. The monoisotopic (exact) mass is 576 g/mol. The van der Waals surface area contributed by atoms with Crippen LogP contribution in [0.25, 0.3) is 11.3 Å². The van der Waals surface area contributed by atoms with Gasteiger partial charge in [-0.3, -0.25) is 4.79 Å². The highest BCUT2D eigenvalue weighted by Crippen LogP contribution is 2.34. The molecule has 4 rings (SSSR count). The molecule has 218 valence electrons. The maximum absolute atomic E-state index is 12.6. The van der Waals surface area contributed by atoms with Gasteiger partial charge in [-0.2, -0.15) is 5.10 Å². The third-order valence-corrected chi connectivity index (χ3v) is 6.07. The number of aromatic carboxylic acids is 1. The van der Waals surface area contributed by atoms with Gasteiger partial charge in [0, 0.05) is 11.3 Å². The molecule has 3 amide bonds. The molecule has 1 aromatic heterocycles. The highest BCUT2D eigenvalue weighted by molar-refractivity contribution is 5.95. The Bertz CT molecular complexity index is 1560. The number of benzene rings is 2. The van der Waals surface area contributed by atoms with Gasteiger partial charge in [0.2, 0.25) is 0 Å². The topological polar surface area (TPSA) is 178 Å². The van der Waals surface area contributed by atoms with Gasteiger partial charge < -0.3 is 34.4 Å². The summed E-state index contributed by atoms with van der Waals surface area (Å²) in [6, 6.07) is 13.1. The number of rotatable bonds is 11. The molecule has 1 atom stereocenters. The van der Waals surface area contributed by atoms with E-state index < -0.39 is 29.9 Å². The van der Waals surface area contributed by atoms with E-state index in [1.54, 1.807) is 56.3 Å². The number of hydrogen-bond donors (Lipinski definition) is 4. The van der Waals surface area contributed by atoms with Crippen molar-refractivity contribution in [3.8, 4) is 22.8 Å². The molecule has 0 aliphatic carbocycles. The number of carbonyl (C=O) groups excluding carboxylic acids is 3. The van der Waals surface area contributed by atoms with E-state index in [-0.39, 0.29) is 35.8 Å². The number of urea groups is 1. The number of nitrogens with one attached hydrogen (secondary N) is 3. The Morgan fingerprint density at radius 1 is 1.10 bits per heavy atom. The van der Waals surface area contributed by atoms with E-state index in [1.165, 1.54) is 25.5 Å². The number of carbonyl (C=O) groups is 4. The van der Waals surface area contributed by atoms with Crippen LogP contribution in [0, 0.1) is 0 Å². The average molecular weight is 577 g/mol. The largest absolute Gasteiger partial charge is 0.493 e. The first-order chi connectivity index (χ1) is 20.2. The minimum absolute atomic E-state index is 0.163. The Morgan fingerprint density at radius 2 is 1.86 bits per heavy atom. The molecule has 0 saturated heterocycles. The molecule has 1 aliphatic heterocycles. The molecule has 0 bridgehead atoms. The minimum atomic E-state index is -1.02. The zero-order valence-electron chi connectivity index (χ0n) is 22.9. The van der Waals surface area contributed by atoms with E-state index in [0.717, 1.165) is 0 Å². The third kappa shape index (κ3) is 6.94. The normalized spacial score (nSPS) is 14.6. The number of carboxylic acids is 1. The second-order valence-electron chi connectivity index (χ2n) is 8.87. The van der Waals surface area contributed by atoms with Gasteiger partial charge in [-0.25, -0.2) is 19.8 Å². The number of amides is 3. The summed E-state index contributed by atoms with van der Waals surface area (Å²) in [4.78, 5) is 48.0. The van der Waals surface area contributed by atoms with Crippen LogP contribution in [0.2, 0.25) is 0 Å². The van der Waals surface area contributed by atoms with Crippen LogP contribution in [0.15, 0.2) is 75.4 Å². The first kappa shape index (κ1) is 29.4. The predicted octanol–water partition coefficient (Wildman–Crippen LogP) is 3.37. The lowest BCUT2D eigenvalue weighted by Crippen LogP contribution is -2.45. The fourth-order valence-corrected chi connectivity index (χ4v) is 4.10. The number of allylic oxidation sites excluding steroid dienone is 1. The lowest BCUT2D eigenvalue weighted by Gasteiger charge is -2.28. The summed E-state index contributed by atoms with van der Waals surface area (Å²) in [6.45, 7) is 3.09. The Labute approximate surface area is 240 Å². The van der Waals surface area contributed by atoms with Gasteiger partial charge in [0.05, 0.1) is 37.1 Å². The molecule has 42 heavy (non-hydrogen) atoms.